The summed E-state index contributed by atoms with van der Waals surface area (Å²) in [5.74, 6) is 1.78. The summed E-state index contributed by atoms with van der Waals surface area (Å²) in [6, 6.07) is 0.256. The zero-order valence-corrected chi connectivity index (χ0v) is 13.3. The van der Waals surface area contributed by atoms with E-state index >= 15 is 0 Å². The topological polar surface area (TPSA) is 94.0 Å². The highest BCUT2D eigenvalue weighted by Crippen LogP contribution is 2.23. The van der Waals surface area contributed by atoms with Crippen LogP contribution >= 0.6 is 12.4 Å². The van der Waals surface area contributed by atoms with Crippen molar-refractivity contribution in [1.29, 1.82) is 0 Å². The van der Waals surface area contributed by atoms with E-state index in [2.05, 4.69) is 15.5 Å². The van der Waals surface area contributed by atoms with Crippen molar-refractivity contribution in [3.05, 3.63) is 11.7 Å². The highest BCUT2D eigenvalue weighted by Gasteiger charge is 2.25. The first-order valence-electron chi connectivity index (χ1n) is 7.47. The van der Waals surface area contributed by atoms with Crippen LogP contribution in [-0.4, -0.2) is 28.6 Å². The lowest BCUT2D eigenvalue weighted by atomic mass is 9.84. The van der Waals surface area contributed by atoms with Crippen LogP contribution in [0.25, 0.3) is 0 Å². The van der Waals surface area contributed by atoms with Crippen molar-refractivity contribution in [3.8, 4) is 0 Å². The molecule has 1 aliphatic rings. The molecular formula is C14H25ClN4O2. The van der Waals surface area contributed by atoms with Crippen LogP contribution in [0, 0.1) is 12.8 Å². The zero-order chi connectivity index (χ0) is 14.4. The van der Waals surface area contributed by atoms with Crippen molar-refractivity contribution in [1.82, 2.24) is 15.5 Å². The van der Waals surface area contributed by atoms with Crippen molar-refractivity contribution in [2.24, 2.45) is 11.7 Å². The monoisotopic (exact) mass is 316 g/mol. The maximum absolute atomic E-state index is 11.9. The summed E-state index contributed by atoms with van der Waals surface area (Å²) < 4.78 is 5.02. The van der Waals surface area contributed by atoms with Crippen LogP contribution in [0.1, 0.15) is 50.2 Å². The lowest BCUT2D eigenvalue weighted by Crippen LogP contribution is -2.44. The number of amides is 1. The van der Waals surface area contributed by atoms with Gasteiger partial charge in [-0.1, -0.05) is 18.0 Å². The lowest BCUT2D eigenvalue weighted by molar-refractivity contribution is -0.122. The largest absolute Gasteiger partial charge is 0.353 e. The molecule has 1 amide bonds. The standard InChI is InChI=1S/C14H24N4O2.ClH/c1-10-16-14(20-18-10)8-4-7-13(19)17-12-6-3-2-5-11(12)9-15;/h11-12H,2-9,15H2,1H3,(H,17,19);1H. The number of hydrogen-bond acceptors (Lipinski definition) is 5. The van der Waals surface area contributed by atoms with E-state index in [9.17, 15) is 4.79 Å². The van der Waals surface area contributed by atoms with Gasteiger partial charge >= 0.3 is 0 Å². The number of nitrogens with zero attached hydrogens (tertiary/aromatic N) is 2. The second-order valence-corrected chi connectivity index (χ2v) is 5.54. The normalized spacial score (nSPS) is 21.6. The Bertz CT molecular complexity index is 438. The molecule has 0 radical (unpaired) electrons. The quantitative estimate of drug-likeness (QED) is 0.834. The third kappa shape index (κ3) is 5.63. The minimum Gasteiger partial charge on any atom is -0.353 e. The Kier molecular flexibility index (Phi) is 7.67. The Morgan fingerprint density at radius 2 is 2.19 bits per heavy atom. The molecule has 0 saturated heterocycles. The number of carbonyl (C=O) groups excluding carboxylic acids is 1. The number of aryl methyl sites for hydroxylation is 2. The van der Waals surface area contributed by atoms with Crippen molar-refractivity contribution >= 4 is 18.3 Å². The third-order valence-electron chi connectivity index (χ3n) is 3.92. The van der Waals surface area contributed by atoms with Crippen LogP contribution in [0.5, 0.6) is 0 Å². The molecule has 0 bridgehead atoms. The van der Waals surface area contributed by atoms with Gasteiger partial charge in [-0.15, -0.1) is 12.4 Å². The first-order chi connectivity index (χ1) is 9.69. The Hall–Kier alpha value is -1.14. The van der Waals surface area contributed by atoms with E-state index in [1.807, 2.05) is 0 Å². The number of carbonyl (C=O) groups is 1. The molecule has 1 saturated carbocycles. The number of aromatic nitrogens is 2. The fraction of sp³-hybridized carbons (Fsp3) is 0.786. The summed E-state index contributed by atoms with van der Waals surface area (Å²) in [4.78, 5) is 16.1. The summed E-state index contributed by atoms with van der Waals surface area (Å²) in [6.45, 7) is 2.45. The van der Waals surface area contributed by atoms with Crippen LogP contribution < -0.4 is 11.1 Å². The molecular weight excluding hydrogens is 292 g/mol. The average Bonchev–Trinajstić information content (AvgIpc) is 2.85. The molecule has 1 aromatic heterocycles. The fourth-order valence-electron chi connectivity index (χ4n) is 2.80. The van der Waals surface area contributed by atoms with E-state index in [1.165, 1.54) is 12.8 Å². The van der Waals surface area contributed by atoms with Crippen LogP contribution in [0.2, 0.25) is 0 Å². The zero-order valence-electron chi connectivity index (χ0n) is 12.5. The van der Waals surface area contributed by atoms with Crippen molar-refractivity contribution in [3.63, 3.8) is 0 Å². The molecule has 1 aliphatic carbocycles. The number of nitrogens with two attached hydrogens (primary N) is 1. The van der Waals surface area contributed by atoms with Crippen molar-refractivity contribution < 1.29 is 9.32 Å². The summed E-state index contributed by atoms with van der Waals surface area (Å²) in [5.41, 5.74) is 5.77. The molecule has 0 aliphatic heterocycles. The molecule has 0 aromatic carbocycles. The predicted molar refractivity (Wildman–Crippen MR) is 82.2 cm³/mol. The number of rotatable bonds is 6. The van der Waals surface area contributed by atoms with Gasteiger partial charge in [-0.3, -0.25) is 4.79 Å². The molecule has 0 spiro atoms. The molecule has 3 N–H and O–H groups in total. The fourth-order valence-corrected chi connectivity index (χ4v) is 2.80. The van der Waals surface area contributed by atoms with Crippen molar-refractivity contribution in [2.75, 3.05) is 6.54 Å². The van der Waals surface area contributed by atoms with Crippen LogP contribution in [0.4, 0.5) is 0 Å². The van der Waals surface area contributed by atoms with Gasteiger partial charge in [0.2, 0.25) is 11.8 Å². The summed E-state index contributed by atoms with van der Waals surface area (Å²) in [7, 11) is 0. The number of hydrogen-bond donors (Lipinski definition) is 2. The molecule has 6 nitrogen and oxygen atoms in total. The average molecular weight is 317 g/mol. The second kappa shape index (κ2) is 9.00. The Labute approximate surface area is 131 Å². The maximum Gasteiger partial charge on any atom is 0.226 e. The highest BCUT2D eigenvalue weighted by atomic mass is 35.5. The smallest absolute Gasteiger partial charge is 0.226 e. The van der Waals surface area contributed by atoms with E-state index in [0.717, 1.165) is 19.3 Å². The van der Waals surface area contributed by atoms with Gasteiger partial charge < -0.3 is 15.6 Å². The number of nitrogens with one attached hydrogen (secondary N) is 1. The Morgan fingerprint density at radius 1 is 1.43 bits per heavy atom. The molecule has 2 rings (SSSR count). The van der Waals surface area contributed by atoms with Gasteiger partial charge in [0.1, 0.15) is 0 Å². The minimum atomic E-state index is 0. The van der Waals surface area contributed by atoms with Gasteiger partial charge in [0, 0.05) is 18.9 Å². The summed E-state index contributed by atoms with van der Waals surface area (Å²) in [6.07, 6.45) is 6.47. The first kappa shape index (κ1) is 17.9. The SMILES string of the molecule is Cc1noc(CCCC(=O)NC2CCCCC2CN)n1.Cl. The molecule has 2 atom stereocenters. The molecule has 2 unspecified atom stereocenters. The van der Waals surface area contributed by atoms with E-state index < -0.39 is 0 Å². The molecule has 7 heteroatoms. The molecule has 1 heterocycles. The predicted octanol–water partition coefficient (Wildman–Crippen LogP) is 1.76. The summed E-state index contributed by atoms with van der Waals surface area (Å²) >= 11 is 0. The van der Waals surface area contributed by atoms with Gasteiger partial charge in [0.25, 0.3) is 0 Å². The minimum absolute atomic E-state index is 0. The molecule has 1 aromatic rings. The molecule has 120 valence electrons. The second-order valence-electron chi connectivity index (χ2n) is 5.54. The van der Waals surface area contributed by atoms with Gasteiger partial charge in [-0.05, 0) is 38.6 Å². The van der Waals surface area contributed by atoms with E-state index in [4.69, 9.17) is 10.3 Å². The lowest BCUT2D eigenvalue weighted by Gasteiger charge is -2.31. The van der Waals surface area contributed by atoms with Gasteiger partial charge in [-0.2, -0.15) is 4.98 Å². The van der Waals surface area contributed by atoms with Gasteiger partial charge in [0.15, 0.2) is 5.82 Å². The highest BCUT2D eigenvalue weighted by molar-refractivity contribution is 5.85. The van der Waals surface area contributed by atoms with Gasteiger partial charge in [-0.25, -0.2) is 0 Å². The van der Waals surface area contributed by atoms with Crippen LogP contribution in [0.15, 0.2) is 4.52 Å². The number of halogens is 1. The van der Waals surface area contributed by atoms with Crippen molar-refractivity contribution in [2.45, 2.75) is 57.9 Å². The van der Waals surface area contributed by atoms with E-state index in [1.54, 1.807) is 6.92 Å². The van der Waals surface area contributed by atoms with E-state index in [-0.39, 0.29) is 24.4 Å². The maximum atomic E-state index is 11.9. The molecule has 1 fully saturated rings. The van der Waals surface area contributed by atoms with Gasteiger partial charge in [0.05, 0.1) is 0 Å². The van der Waals surface area contributed by atoms with Crippen LogP contribution in [-0.2, 0) is 11.2 Å². The third-order valence-corrected chi connectivity index (χ3v) is 3.92. The first-order valence-corrected chi connectivity index (χ1v) is 7.47. The summed E-state index contributed by atoms with van der Waals surface area (Å²) in [5, 5.41) is 6.85. The Morgan fingerprint density at radius 3 is 2.86 bits per heavy atom. The van der Waals surface area contributed by atoms with E-state index in [0.29, 0.717) is 37.0 Å². The Balaban J connectivity index is 0.00000220. The molecule has 21 heavy (non-hydrogen) atoms. The van der Waals surface area contributed by atoms with Crippen LogP contribution in [0.3, 0.4) is 0 Å².